The van der Waals surface area contributed by atoms with Crippen molar-refractivity contribution in [3.8, 4) is 0 Å². The van der Waals surface area contributed by atoms with Crippen molar-refractivity contribution in [2.24, 2.45) is 0 Å². The Morgan fingerprint density at radius 1 is 0.317 bits per heavy atom. The highest BCUT2D eigenvalue weighted by Crippen LogP contribution is 2.16. The van der Waals surface area contributed by atoms with Crippen LogP contribution in [0.1, 0.15) is 265 Å². The van der Waals surface area contributed by atoms with Crippen molar-refractivity contribution in [2.45, 2.75) is 271 Å². The summed E-state index contributed by atoms with van der Waals surface area (Å²) in [6.07, 6.45) is 63.7. The first-order valence-corrected chi connectivity index (χ1v) is 26.8. The molecule has 0 aromatic rings. The number of carbonyl (C=O) groups is 3. The fourth-order valence-corrected chi connectivity index (χ4v) is 7.44. The van der Waals surface area contributed by atoms with E-state index in [9.17, 15) is 14.4 Å². The Morgan fingerprint density at radius 2 is 0.587 bits per heavy atom. The van der Waals surface area contributed by atoms with Gasteiger partial charge in [-0.05, 0) is 77.0 Å². The minimum absolute atomic E-state index is 0.102. The molecule has 364 valence electrons. The second-order valence-electron chi connectivity index (χ2n) is 17.8. The maximum absolute atomic E-state index is 12.8. The average molecular weight is 881 g/mol. The van der Waals surface area contributed by atoms with Crippen LogP contribution in [0, 0.1) is 0 Å². The van der Waals surface area contributed by atoms with Crippen LogP contribution < -0.4 is 0 Å². The van der Waals surface area contributed by atoms with E-state index in [1.165, 1.54) is 154 Å². The SMILES string of the molecule is CCCCC/C=C\C/C=C\C/C=C\C/C=C\CCCC(=O)OC(COC(=O)CCC/C=C\CCCCCC)COC(=O)CCCCCCCCCCCCCCCCCCCCC. The molecule has 1 atom stereocenters. The van der Waals surface area contributed by atoms with E-state index in [4.69, 9.17) is 14.2 Å². The molecule has 0 fully saturated rings. The summed E-state index contributed by atoms with van der Waals surface area (Å²) in [5.41, 5.74) is 0. The van der Waals surface area contributed by atoms with Gasteiger partial charge < -0.3 is 14.2 Å². The zero-order valence-electron chi connectivity index (χ0n) is 41.6. The summed E-state index contributed by atoms with van der Waals surface area (Å²) in [5, 5.41) is 0. The van der Waals surface area contributed by atoms with Crippen LogP contribution in [0.3, 0.4) is 0 Å². The molecule has 6 heteroatoms. The zero-order valence-corrected chi connectivity index (χ0v) is 41.6. The van der Waals surface area contributed by atoms with Gasteiger partial charge in [-0.25, -0.2) is 0 Å². The van der Waals surface area contributed by atoms with E-state index in [0.717, 1.165) is 57.8 Å². The summed E-state index contributed by atoms with van der Waals surface area (Å²) in [7, 11) is 0. The van der Waals surface area contributed by atoms with Crippen LogP contribution in [0.25, 0.3) is 0 Å². The highest BCUT2D eigenvalue weighted by molar-refractivity contribution is 5.71. The number of esters is 3. The van der Waals surface area contributed by atoms with Crippen LogP contribution in [0.2, 0.25) is 0 Å². The molecule has 0 N–H and O–H groups in total. The normalized spacial score (nSPS) is 12.5. The van der Waals surface area contributed by atoms with E-state index in [2.05, 4.69) is 81.5 Å². The number of carbonyl (C=O) groups excluding carboxylic acids is 3. The van der Waals surface area contributed by atoms with Crippen molar-refractivity contribution in [3.05, 3.63) is 60.8 Å². The number of ether oxygens (including phenoxy) is 3. The fourth-order valence-electron chi connectivity index (χ4n) is 7.44. The van der Waals surface area contributed by atoms with Gasteiger partial charge >= 0.3 is 17.9 Å². The van der Waals surface area contributed by atoms with Gasteiger partial charge in [-0.1, -0.05) is 229 Å². The summed E-state index contributed by atoms with van der Waals surface area (Å²) in [6, 6.07) is 0. The van der Waals surface area contributed by atoms with Gasteiger partial charge in [-0.3, -0.25) is 14.4 Å². The van der Waals surface area contributed by atoms with E-state index in [1.807, 2.05) is 0 Å². The van der Waals surface area contributed by atoms with Gasteiger partial charge in [0.05, 0.1) is 0 Å². The van der Waals surface area contributed by atoms with Crippen LogP contribution in [0.5, 0.6) is 0 Å². The second kappa shape index (κ2) is 51.7. The highest BCUT2D eigenvalue weighted by Gasteiger charge is 2.19. The molecule has 0 aliphatic carbocycles. The second-order valence-corrected chi connectivity index (χ2v) is 17.8. The molecule has 0 aromatic carbocycles. The van der Waals surface area contributed by atoms with Crippen molar-refractivity contribution in [1.29, 1.82) is 0 Å². The van der Waals surface area contributed by atoms with Crippen molar-refractivity contribution in [1.82, 2.24) is 0 Å². The third kappa shape index (κ3) is 50.0. The Hall–Kier alpha value is -2.89. The lowest BCUT2D eigenvalue weighted by Gasteiger charge is -2.18. The number of allylic oxidation sites excluding steroid dienone is 10. The summed E-state index contributed by atoms with van der Waals surface area (Å²) in [5.74, 6) is -0.990. The van der Waals surface area contributed by atoms with E-state index in [1.54, 1.807) is 0 Å². The van der Waals surface area contributed by atoms with Crippen LogP contribution in [0.4, 0.5) is 0 Å². The molecule has 0 aromatic heterocycles. The van der Waals surface area contributed by atoms with Gasteiger partial charge in [0.25, 0.3) is 0 Å². The topological polar surface area (TPSA) is 78.9 Å². The standard InChI is InChI=1S/C57H100O6/c1-4-7-10-13-16-19-21-23-25-27-28-30-31-33-35-38-41-44-47-50-56(59)62-53-54(52-61-55(58)49-46-43-40-37-18-15-12-9-6-3)63-57(60)51-48-45-42-39-36-34-32-29-26-24-22-20-17-14-11-8-5-2/h17,20,24,26,32,34,37,39-40,42,54H,4-16,18-19,21-23,25,27-31,33,35-36,38,41,43-53H2,1-3H3/b20-17-,26-24-,34-32-,40-37-,42-39-. The lowest BCUT2D eigenvalue weighted by atomic mass is 10.0. The van der Waals surface area contributed by atoms with Crippen LogP contribution in [0.15, 0.2) is 60.8 Å². The Bertz CT molecular complexity index is 1150. The molecule has 0 saturated carbocycles. The quantitative estimate of drug-likeness (QED) is 0.0262. The molecule has 0 bridgehead atoms. The molecule has 0 aliphatic rings. The summed E-state index contributed by atoms with van der Waals surface area (Å²) >= 11 is 0. The Labute approximate surface area is 390 Å². The van der Waals surface area contributed by atoms with Gasteiger partial charge in [0.2, 0.25) is 0 Å². The molecule has 1 unspecified atom stereocenters. The molecule has 0 radical (unpaired) electrons. The van der Waals surface area contributed by atoms with E-state index in [-0.39, 0.29) is 37.5 Å². The summed E-state index contributed by atoms with van der Waals surface area (Å²) in [6.45, 7) is 6.52. The summed E-state index contributed by atoms with van der Waals surface area (Å²) in [4.78, 5) is 37.9. The average Bonchev–Trinajstić information content (AvgIpc) is 3.28. The maximum atomic E-state index is 12.8. The Balaban J connectivity index is 4.37. The molecule has 63 heavy (non-hydrogen) atoms. The maximum Gasteiger partial charge on any atom is 0.306 e. The van der Waals surface area contributed by atoms with Gasteiger partial charge in [-0.2, -0.15) is 0 Å². The summed E-state index contributed by atoms with van der Waals surface area (Å²) < 4.78 is 16.7. The van der Waals surface area contributed by atoms with Crippen LogP contribution in [-0.4, -0.2) is 37.2 Å². The minimum Gasteiger partial charge on any atom is -0.462 e. The molecular weight excluding hydrogens is 781 g/mol. The zero-order chi connectivity index (χ0) is 45.8. The third-order valence-electron chi connectivity index (χ3n) is 11.5. The first-order chi connectivity index (χ1) is 31.0. The van der Waals surface area contributed by atoms with Crippen molar-refractivity contribution in [3.63, 3.8) is 0 Å². The Morgan fingerprint density at radius 3 is 1.00 bits per heavy atom. The number of rotatable bonds is 48. The first kappa shape index (κ1) is 60.1. The molecular formula is C57H100O6. The van der Waals surface area contributed by atoms with Crippen LogP contribution in [-0.2, 0) is 28.6 Å². The van der Waals surface area contributed by atoms with E-state index in [0.29, 0.717) is 25.7 Å². The first-order valence-electron chi connectivity index (χ1n) is 26.8. The largest absolute Gasteiger partial charge is 0.462 e. The monoisotopic (exact) mass is 881 g/mol. The molecule has 0 amide bonds. The third-order valence-corrected chi connectivity index (χ3v) is 11.5. The van der Waals surface area contributed by atoms with Crippen molar-refractivity contribution >= 4 is 17.9 Å². The van der Waals surface area contributed by atoms with Crippen LogP contribution >= 0.6 is 0 Å². The minimum atomic E-state index is -0.810. The fraction of sp³-hybridized carbons (Fsp3) is 0.772. The van der Waals surface area contributed by atoms with Crippen molar-refractivity contribution in [2.75, 3.05) is 13.2 Å². The lowest BCUT2D eigenvalue weighted by Crippen LogP contribution is -2.30. The van der Waals surface area contributed by atoms with E-state index >= 15 is 0 Å². The molecule has 0 rings (SSSR count). The molecule has 6 nitrogen and oxygen atoms in total. The number of hydrogen-bond donors (Lipinski definition) is 0. The highest BCUT2D eigenvalue weighted by atomic mass is 16.6. The van der Waals surface area contributed by atoms with Gasteiger partial charge in [0.1, 0.15) is 13.2 Å². The molecule has 0 saturated heterocycles. The van der Waals surface area contributed by atoms with Crippen molar-refractivity contribution < 1.29 is 28.6 Å². The van der Waals surface area contributed by atoms with Gasteiger partial charge in [0, 0.05) is 19.3 Å². The van der Waals surface area contributed by atoms with Gasteiger partial charge in [0.15, 0.2) is 6.10 Å². The lowest BCUT2D eigenvalue weighted by molar-refractivity contribution is -0.167. The molecule has 0 spiro atoms. The molecule has 0 aliphatic heterocycles. The number of unbranched alkanes of at least 4 members (excludes halogenated alkanes) is 27. The predicted molar refractivity (Wildman–Crippen MR) is 270 cm³/mol. The van der Waals surface area contributed by atoms with E-state index < -0.39 is 6.10 Å². The van der Waals surface area contributed by atoms with Gasteiger partial charge in [-0.15, -0.1) is 0 Å². The predicted octanol–water partition coefficient (Wildman–Crippen LogP) is 17.6. The number of hydrogen-bond acceptors (Lipinski definition) is 6. The Kier molecular flexibility index (Phi) is 49.4. The smallest absolute Gasteiger partial charge is 0.306 e. The molecule has 0 heterocycles.